The number of nitrogens with zero attached hydrogens (tertiary/aromatic N) is 2. The highest BCUT2D eigenvalue weighted by Crippen LogP contribution is 2.54. The second-order valence-electron chi connectivity index (χ2n) is 5.98. The van der Waals surface area contributed by atoms with Crippen LogP contribution in [0.1, 0.15) is 25.8 Å². The van der Waals surface area contributed by atoms with Crippen molar-refractivity contribution in [2.24, 2.45) is 0 Å². The van der Waals surface area contributed by atoms with Crippen molar-refractivity contribution < 1.29 is 15.0 Å². The molecule has 0 unspecified atom stereocenters. The van der Waals surface area contributed by atoms with Crippen LogP contribution in [-0.4, -0.2) is 47.9 Å². The lowest BCUT2D eigenvalue weighted by Gasteiger charge is -2.32. The Morgan fingerprint density at radius 1 is 1.43 bits per heavy atom. The molecule has 2 N–H and O–H groups in total. The van der Waals surface area contributed by atoms with Gasteiger partial charge in [-0.2, -0.15) is 0 Å². The smallest absolute Gasteiger partial charge is 0.300 e. The quantitative estimate of drug-likeness (QED) is 0.747. The zero-order valence-electron chi connectivity index (χ0n) is 12.7. The third kappa shape index (κ3) is 2.62. The fraction of sp³-hybridized carbons (Fsp3) is 0.533. The van der Waals surface area contributed by atoms with Crippen molar-refractivity contribution in [2.75, 3.05) is 25.5 Å². The van der Waals surface area contributed by atoms with Crippen molar-refractivity contribution >= 4 is 27.6 Å². The predicted octanol–water partition coefficient (Wildman–Crippen LogP) is 2.61. The molecule has 0 aromatic heterocycles. The molecule has 21 heavy (non-hydrogen) atoms. The summed E-state index contributed by atoms with van der Waals surface area (Å²) in [4.78, 5) is 13.7. The number of hydrogen-bond acceptors (Lipinski definition) is 4. The summed E-state index contributed by atoms with van der Waals surface area (Å²) in [5.74, 6) is -0.486. The van der Waals surface area contributed by atoms with E-state index in [1.54, 1.807) is 6.07 Å². The molecule has 2 heterocycles. The van der Waals surface area contributed by atoms with Crippen LogP contribution in [0.15, 0.2) is 16.6 Å². The molecule has 5 nitrogen and oxygen atoms in total. The zero-order chi connectivity index (χ0) is 15.9. The van der Waals surface area contributed by atoms with Gasteiger partial charge in [0.15, 0.2) is 0 Å². The van der Waals surface area contributed by atoms with Crippen LogP contribution in [0.3, 0.4) is 0 Å². The largest absolute Gasteiger partial charge is 0.508 e. The molecule has 1 fully saturated rings. The number of aromatic hydroxyl groups is 1. The van der Waals surface area contributed by atoms with Crippen LogP contribution in [0.5, 0.6) is 5.75 Å². The van der Waals surface area contributed by atoms with Crippen LogP contribution >= 0.6 is 15.9 Å². The Kier molecular flexibility index (Phi) is 4.22. The van der Waals surface area contributed by atoms with E-state index in [0.717, 1.165) is 24.4 Å². The van der Waals surface area contributed by atoms with E-state index in [1.165, 1.54) is 11.3 Å². The summed E-state index contributed by atoms with van der Waals surface area (Å²) in [6.07, 6.45) is 1.54. The van der Waals surface area contributed by atoms with Gasteiger partial charge in [-0.05, 0) is 47.1 Å². The van der Waals surface area contributed by atoms with Crippen LogP contribution in [-0.2, 0) is 10.2 Å². The second kappa shape index (κ2) is 5.50. The third-order valence-corrected chi connectivity index (χ3v) is 4.96. The van der Waals surface area contributed by atoms with Gasteiger partial charge in [-0.3, -0.25) is 9.69 Å². The third-order valence-electron chi connectivity index (χ3n) is 4.35. The molecular formula is C15H21BrN2O3. The number of carboxylic acid groups (broad SMARTS) is 1. The molecule has 2 aliphatic heterocycles. The molecule has 1 aromatic carbocycles. The average molecular weight is 357 g/mol. The van der Waals surface area contributed by atoms with Gasteiger partial charge in [0, 0.05) is 30.4 Å². The van der Waals surface area contributed by atoms with Crippen LogP contribution in [0, 0.1) is 0 Å². The summed E-state index contributed by atoms with van der Waals surface area (Å²) in [6.45, 7) is 4.49. The standard InChI is InChI=1S/C13H17BrN2O.C2H4O2/c1-13-4-5-15(2)12(13)16(3)11-9(13)6-8(17)7-10(11)14;1-2(3)4/h6-7,12,17H,4-5H2,1-3H3;1H3,(H,3,4)/t12-,13+;/m1./s1. The molecular weight excluding hydrogens is 336 g/mol. The van der Waals surface area contributed by atoms with E-state index in [1.807, 2.05) is 6.07 Å². The predicted molar refractivity (Wildman–Crippen MR) is 85.9 cm³/mol. The van der Waals surface area contributed by atoms with E-state index in [9.17, 15) is 5.11 Å². The monoisotopic (exact) mass is 356 g/mol. The number of hydrogen-bond donors (Lipinski definition) is 2. The Morgan fingerprint density at radius 2 is 2.00 bits per heavy atom. The van der Waals surface area contributed by atoms with Gasteiger partial charge in [0.2, 0.25) is 0 Å². The lowest BCUT2D eigenvalue weighted by molar-refractivity contribution is -0.134. The number of anilines is 1. The summed E-state index contributed by atoms with van der Waals surface area (Å²) >= 11 is 3.57. The number of phenols is 1. The van der Waals surface area contributed by atoms with Gasteiger partial charge in [0.05, 0.1) is 11.9 Å². The van der Waals surface area contributed by atoms with Gasteiger partial charge in [0.25, 0.3) is 5.97 Å². The fourth-order valence-electron chi connectivity index (χ4n) is 3.64. The van der Waals surface area contributed by atoms with Crippen molar-refractivity contribution in [3.05, 3.63) is 22.2 Å². The van der Waals surface area contributed by atoms with Crippen molar-refractivity contribution in [2.45, 2.75) is 31.8 Å². The van der Waals surface area contributed by atoms with Gasteiger partial charge in [0.1, 0.15) is 5.75 Å². The number of rotatable bonds is 0. The topological polar surface area (TPSA) is 64.0 Å². The van der Waals surface area contributed by atoms with Crippen LogP contribution < -0.4 is 4.90 Å². The Labute approximate surface area is 133 Å². The lowest BCUT2D eigenvalue weighted by atomic mass is 9.81. The molecule has 1 aromatic rings. The molecule has 0 spiro atoms. The average Bonchev–Trinajstić information content (AvgIpc) is 2.74. The first kappa shape index (κ1) is 16.1. The SMILES string of the molecule is CC(=O)O.CN1CC[C@@]2(C)c3cc(O)cc(Br)c3N(C)[C@@H]12. The number of fused-ring (bicyclic) bond motifs is 3. The van der Waals surface area contributed by atoms with Crippen molar-refractivity contribution in [1.82, 2.24) is 4.90 Å². The van der Waals surface area contributed by atoms with E-state index in [0.29, 0.717) is 11.9 Å². The van der Waals surface area contributed by atoms with E-state index < -0.39 is 5.97 Å². The number of likely N-dealkylation sites (N-methyl/N-ethyl adjacent to an activating group) is 2. The van der Waals surface area contributed by atoms with E-state index in [2.05, 4.69) is 46.7 Å². The molecule has 3 rings (SSSR count). The van der Waals surface area contributed by atoms with Crippen LogP contribution in [0.25, 0.3) is 0 Å². The van der Waals surface area contributed by atoms with E-state index in [4.69, 9.17) is 9.90 Å². The molecule has 1 saturated heterocycles. The maximum absolute atomic E-state index is 9.80. The number of halogens is 1. The normalized spacial score (nSPS) is 26.9. The molecule has 0 bridgehead atoms. The molecule has 0 saturated carbocycles. The highest BCUT2D eigenvalue weighted by molar-refractivity contribution is 9.10. The molecule has 0 radical (unpaired) electrons. The minimum absolute atomic E-state index is 0.125. The minimum Gasteiger partial charge on any atom is -0.508 e. The summed E-state index contributed by atoms with van der Waals surface area (Å²) in [7, 11) is 4.31. The first-order valence-corrected chi connectivity index (χ1v) is 7.63. The number of aliphatic carboxylic acids is 1. The Hall–Kier alpha value is -1.27. The van der Waals surface area contributed by atoms with Crippen molar-refractivity contribution in [1.29, 1.82) is 0 Å². The first-order chi connectivity index (χ1) is 9.68. The molecule has 0 aliphatic carbocycles. The Morgan fingerprint density at radius 3 is 2.57 bits per heavy atom. The highest BCUT2D eigenvalue weighted by atomic mass is 79.9. The zero-order valence-corrected chi connectivity index (χ0v) is 14.3. The van der Waals surface area contributed by atoms with Gasteiger partial charge in [-0.1, -0.05) is 6.92 Å². The molecule has 0 amide bonds. The molecule has 2 aliphatic rings. The summed E-state index contributed by atoms with van der Waals surface area (Å²) < 4.78 is 0.985. The Bertz CT molecular complexity index is 574. The summed E-state index contributed by atoms with van der Waals surface area (Å²) in [5.41, 5.74) is 2.61. The van der Waals surface area contributed by atoms with Crippen molar-refractivity contribution in [3.8, 4) is 5.75 Å². The van der Waals surface area contributed by atoms with Gasteiger partial charge >= 0.3 is 0 Å². The number of benzene rings is 1. The molecule has 2 atom stereocenters. The van der Waals surface area contributed by atoms with Gasteiger partial charge in [-0.15, -0.1) is 0 Å². The van der Waals surface area contributed by atoms with Crippen LogP contribution in [0.4, 0.5) is 5.69 Å². The first-order valence-electron chi connectivity index (χ1n) is 6.84. The fourth-order valence-corrected chi connectivity index (χ4v) is 4.37. The lowest BCUT2D eigenvalue weighted by Crippen LogP contribution is -2.45. The van der Waals surface area contributed by atoms with Gasteiger partial charge < -0.3 is 15.1 Å². The van der Waals surface area contributed by atoms with E-state index >= 15 is 0 Å². The molecule has 116 valence electrons. The highest BCUT2D eigenvalue weighted by Gasteiger charge is 2.52. The number of phenolic OH excluding ortho intramolecular Hbond substituents is 1. The number of likely N-dealkylation sites (tertiary alicyclic amines) is 1. The number of carbonyl (C=O) groups is 1. The van der Waals surface area contributed by atoms with Crippen molar-refractivity contribution in [3.63, 3.8) is 0 Å². The number of carboxylic acids is 1. The summed E-state index contributed by atoms with van der Waals surface area (Å²) in [5, 5.41) is 17.2. The summed E-state index contributed by atoms with van der Waals surface area (Å²) in [6, 6.07) is 3.70. The molecule has 6 heteroatoms. The minimum atomic E-state index is -0.833. The maximum atomic E-state index is 9.80. The Balaban J connectivity index is 0.000000361. The maximum Gasteiger partial charge on any atom is 0.300 e. The second-order valence-corrected chi connectivity index (χ2v) is 6.83. The van der Waals surface area contributed by atoms with Gasteiger partial charge in [-0.25, -0.2) is 0 Å². The van der Waals surface area contributed by atoms with Crippen LogP contribution in [0.2, 0.25) is 0 Å². The van der Waals surface area contributed by atoms with E-state index in [-0.39, 0.29) is 5.41 Å².